The van der Waals surface area contributed by atoms with Gasteiger partial charge in [0, 0.05) is 5.56 Å². The van der Waals surface area contributed by atoms with E-state index in [0.29, 0.717) is 11.1 Å². The first-order valence-electron chi connectivity index (χ1n) is 9.71. The number of rotatable bonds is 9. The molecule has 0 aliphatic rings. The lowest BCUT2D eigenvalue weighted by atomic mass is 10.1. The van der Waals surface area contributed by atoms with Gasteiger partial charge in [-0.1, -0.05) is 42.5 Å². The minimum absolute atomic E-state index is 0.0203. The van der Waals surface area contributed by atoms with E-state index in [-0.39, 0.29) is 28.5 Å². The Morgan fingerprint density at radius 2 is 1.52 bits per heavy atom. The lowest BCUT2D eigenvalue weighted by Gasteiger charge is -2.15. The third-order valence-electron chi connectivity index (χ3n) is 4.65. The van der Waals surface area contributed by atoms with Gasteiger partial charge < -0.3 is 15.6 Å². The molecule has 0 heterocycles. The maximum atomic E-state index is 12.7. The summed E-state index contributed by atoms with van der Waals surface area (Å²) in [7, 11) is -4.14. The number of nitrogens with two attached hydrogens (primary N) is 1. The maximum Gasteiger partial charge on any atom is 0.343 e. The summed E-state index contributed by atoms with van der Waals surface area (Å²) in [6.45, 7) is 0. The van der Waals surface area contributed by atoms with Crippen LogP contribution in [0.25, 0.3) is 0 Å². The van der Waals surface area contributed by atoms with Crippen molar-refractivity contribution >= 4 is 27.8 Å². The van der Waals surface area contributed by atoms with Gasteiger partial charge in [-0.2, -0.15) is 4.72 Å². The second kappa shape index (κ2) is 10.1. The van der Waals surface area contributed by atoms with E-state index in [9.17, 15) is 23.1 Å². The maximum absolute atomic E-state index is 12.7. The number of carboxylic acids is 1. The van der Waals surface area contributed by atoms with E-state index in [1.807, 2.05) is 0 Å². The van der Waals surface area contributed by atoms with Crippen molar-refractivity contribution in [2.24, 2.45) is 5.73 Å². The van der Waals surface area contributed by atoms with Crippen LogP contribution >= 0.6 is 0 Å². The lowest BCUT2D eigenvalue weighted by molar-refractivity contribution is -0.138. The molecule has 0 spiro atoms. The van der Waals surface area contributed by atoms with Gasteiger partial charge in [0.1, 0.15) is 17.6 Å². The SMILES string of the molecule is N=C(N)c1ccc(C(=O)Oc2ccc(S(=O)(=O)N[C@@H](Cc3ccccc3)C(=O)O)cc2)cc1. The van der Waals surface area contributed by atoms with Crippen LogP contribution in [0.15, 0.2) is 83.8 Å². The van der Waals surface area contributed by atoms with Gasteiger partial charge in [-0.25, -0.2) is 13.2 Å². The summed E-state index contributed by atoms with van der Waals surface area (Å²) in [4.78, 5) is 23.7. The molecule has 0 saturated heterocycles. The quantitative estimate of drug-likeness (QED) is 0.162. The molecule has 1 atom stereocenters. The molecule has 5 N–H and O–H groups in total. The molecular weight excluding hydrogens is 446 g/mol. The van der Waals surface area contributed by atoms with Crippen molar-refractivity contribution in [2.75, 3.05) is 0 Å². The number of esters is 1. The Hall–Kier alpha value is -4.02. The minimum Gasteiger partial charge on any atom is -0.480 e. The average molecular weight is 468 g/mol. The van der Waals surface area contributed by atoms with Gasteiger partial charge >= 0.3 is 11.9 Å². The first-order valence-corrected chi connectivity index (χ1v) is 11.2. The van der Waals surface area contributed by atoms with E-state index in [2.05, 4.69) is 4.72 Å². The zero-order valence-electron chi connectivity index (χ0n) is 17.3. The zero-order valence-corrected chi connectivity index (χ0v) is 18.1. The number of carbonyl (C=O) groups is 2. The smallest absolute Gasteiger partial charge is 0.343 e. The van der Waals surface area contributed by atoms with Gasteiger partial charge in [0.05, 0.1) is 10.5 Å². The summed E-state index contributed by atoms with van der Waals surface area (Å²) < 4.78 is 32.8. The van der Waals surface area contributed by atoms with Crippen LogP contribution in [-0.4, -0.2) is 37.3 Å². The normalized spacial score (nSPS) is 12.0. The summed E-state index contributed by atoms with van der Waals surface area (Å²) in [5.74, 6) is -2.00. The van der Waals surface area contributed by atoms with Gasteiger partial charge in [0.15, 0.2) is 0 Å². The molecule has 170 valence electrons. The van der Waals surface area contributed by atoms with E-state index in [1.165, 1.54) is 48.5 Å². The molecule has 0 aliphatic heterocycles. The molecule has 9 nitrogen and oxygen atoms in total. The summed E-state index contributed by atoms with van der Waals surface area (Å²) >= 11 is 0. The van der Waals surface area contributed by atoms with Crippen LogP contribution in [0.5, 0.6) is 5.75 Å². The van der Waals surface area contributed by atoms with Crippen LogP contribution in [-0.2, 0) is 21.2 Å². The summed E-state index contributed by atoms with van der Waals surface area (Å²) in [6.07, 6.45) is -0.0203. The zero-order chi connectivity index (χ0) is 24.0. The standard InChI is InChI=1S/C23H21N3O6S/c24-21(25)16-6-8-17(9-7-16)23(29)32-18-10-12-19(13-11-18)33(30,31)26-20(22(27)28)14-15-4-2-1-3-5-15/h1-13,20,26H,14H2,(H3,24,25)(H,27,28)/t20-/m0/s1. The van der Waals surface area contributed by atoms with Crippen LogP contribution in [0, 0.1) is 5.41 Å². The van der Waals surface area contributed by atoms with Crippen molar-refractivity contribution in [2.45, 2.75) is 17.4 Å². The topological polar surface area (TPSA) is 160 Å². The van der Waals surface area contributed by atoms with Crippen LogP contribution in [0.4, 0.5) is 0 Å². The Morgan fingerprint density at radius 1 is 0.939 bits per heavy atom. The predicted octanol–water partition coefficient (Wildman–Crippen LogP) is 2.16. The van der Waals surface area contributed by atoms with Gasteiger partial charge in [0.2, 0.25) is 10.0 Å². The highest BCUT2D eigenvalue weighted by molar-refractivity contribution is 7.89. The predicted molar refractivity (Wildman–Crippen MR) is 121 cm³/mol. The molecule has 0 radical (unpaired) electrons. The van der Waals surface area contributed by atoms with E-state index in [4.69, 9.17) is 15.9 Å². The van der Waals surface area contributed by atoms with Crippen molar-refractivity contribution in [3.63, 3.8) is 0 Å². The molecule has 0 unspecified atom stereocenters. The number of carbonyl (C=O) groups excluding carboxylic acids is 1. The summed E-state index contributed by atoms with van der Waals surface area (Å²) in [5.41, 5.74) is 6.73. The highest BCUT2D eigenvalue weighted by Crippen LogP contribution is 2.18. The second-order valence-electron chi connectivity index (χ2n) is 7.05. The number of hydrogen-bond donors (Lipinski definition) is 4. The van der Waals surface area contributed by atoms with E-state index >= 15 is 0 Å². The van der Waals surface area contributed by atoms with Crippen molar-refractivity contribution < 1.29 is 27.9 Å². The van der Waals surface area contributed by atoms with Gasteiger partial charge in [0.25, 0.3) is 0 Å². The third-order valence-corrected chi connectivity index (χ3v) is 6.14. The highest BCUT2D eigenvalue weighted by Gasteiger charge is 2.25. The molecule has 3 aromatic rings. The molecule has 33 heavy (non-hydrogen) atoms. The number of nitrogens with one attached hydrogen (secondary N) is 2. The molecule has 0 bridgehead atoms. The number of ether oxygens (including phenoxy) is 1. The second-order valence-corrected chi connectivity index (χ2v) is 8.77. The first kappa shape index (κ1) is 23.6. The number of amidine groups is 1. The third kappa shape index (κ3) is 6.25. The molecule has 0 fully saturated rings. The Kier molecular flexibility index (Phi) is 7.21. The number of nitrogen functional groups attached to an aromatic ring is 1. The fourth-order valence-corrected chi connectivity index (χ4v) is 4.11. The van der Waals surface area contributed by atoms with Crippen LogP contribution < -0.4 is 15.2 Å². The van der Waals surface area contributed by atoms with Crippen molar-refractivity contribution in [3.05, 3.63) is 95.6 Å². The minimum atomic E-state index is -4.14. The van der Waals surface area contributed by atoms with Crippen molar-refractivity contribution in [3.8, 4) is 5.75 Å². The Bertz CT molecular complexity index is 1260. The summed E-state index contributed by atoms with van der Waals surface area (Å²) in [5, 5.41) is 16.8. The molecule has 3 rings (SSSR count). The Balaban J connectivity index is 1.69. The van der Waals surface area contributed by atoms with Crippen LogP contribution in [0.1, 0.15) is 21.5 Å². The molecule has 10 heteroatoms. The molecule has 0 aromatic heterocycles. The van der Waals surface area contributed by atoms with Crippen molar-refractivity contribution in [1.82, 2.24) is 4.72 Å². The number of sulfonamides is 1. The Morgan fingerprint density at radius 3 is 2.06 bits per heavy atom. The number of benzene rings is 3. The highest BCUT2D eigenvalue weighted by atomic mass is 32.2. The van der Waals surface area contributed by atoms with Gasteiger partial charge in [-0.05, 0) is 48.4 Å². The molecule has 0 aliphatic carbocycles. The molecule has 0 saturated carbocycles. The number of carboxylic acid groups (broad SMARTS) is 1. The fraction of sp³-hybridized carbons (Fsp3) is 0.0870. The summed E-state index contributed by atoms with van der Waals surface area (Å²) in [6, 6.07) is 18.3. The van der Waals surface area contributed by atoms with E-state index < -0.39 is 28.0 Å². The largest absolute Gasteiger partial charge is 0.480 e. The number of hydrogen-bond acceptors (Lipinski definition) is 6. The van der Waals surface area contributed by atoms with Crippen LogP contribution in [0.3, 0.4) is 0 Å². The first-order chi connectivity index (χ1) is 15.7. The van der Waals surface area contributed by atoms with E-state index in [1.54, 1.807) is 30.3 Å². The fourth-order valence-electron chi connectivity index (χ4n) is 2.92. The molecule has 3 aromatic carbocycles. The van der Waals surface area contributed by atoms with Gasteiger partial charge in [-0.3, -0.25) is 10.2 Å². The Labute approximate surface area is 190 Å². The molecule has 0 amide bonds. The monoisotopic (exact) mass is 467 g/mol. The molecular formula is C23H21N3O6S. The lowest BCUT2D eigenvalue weighted by Crippen LogP contribution is -2.42. The number of aliphatic carboxylic acids is 1. The van der Waals surface area contributed by atoms with Crippen molar-refractivity contribution in [1.29, 1.82) is 5.41 Å². The average Bonchev–Trinajstić information content (AvgIpc) is 2.79. The van der Waals surface area contributed by atoms with E-state index in [0.717, 1.165) is 0 Å². The van der Waals surface area contributed by atoms with Gasteiger partial charge in [-0.15, -0.1) is 0 Å². The van der Waals surface area contributed by atoms with Crippen LogP contribution in [0.2, 0.25) is 0 Å².